The zero-order valence-corrected chi connectivity index (χ0v) is 8.23. The van der Waals surface area contributed by atoms with Gasteiger partial charge in [0.05, 0.1) is 19.1 Å². The summed E-state index contributed by atoms with van der Waals surface area (Å²) in [6.45, 7) is 0. The standard InChI is InChI=1S/C11H10N2O2/c1-15-9-4-2-8(3-5-9)11-10(6-14)12-7-13-11/h2-7H,1H3,(H,12,13). The van der Waals surface area contributed by atoms with Crippen molar-refractivity contribution in [3.05, 3.63) is 36.3 Å². The summed E-state index contributed by atoms with van der Waals surface area (Å²) in [5.74, 6) is 0.780. The van der Waals surface area contributed by atoms with E-state index in [2.05, 4.69) is 9.97 Å². The van der Waals surface area contributed by atoms with Gasteiger partial charge in [-0.25, -0.2) is 4.98 Å². The van der Waals surface area contributed by atoms with Crippen molar-refractivity contribution < 1.29 is 9.53 Å². The maximum Gasteiger partial charge on any atom is 0.168 e. The fraction of sp³-hybridized carbons (Fsp3) is 0.0909. The molecule has 1 aromatic carbocycles. The molecule has 76 valence electrons. The Morgan fingerprint density at radius 2 is 2.07 bits per heavy atom. The van der Waals surface area contributed by atoms with Gasteiger partial charge in [0.25, 0.3) is 0 Å². The monoisotopic (exact) mass is 202 g/mol. The molecule has 0 saturated heterocycles. The molecule has 1 N–H and O–H groups in total. The Hall–Kier alpha value is -2.10. The van der Waals surface area contributed by atoms with E-state index in [9.17, 15) is 4.79 Å². The van der Waals surface area contributed by atoms with Crippen LogP contribution >= 0.6 is 0 Å². The molecule has 0 saturated carbocycles. The molecule has 0 fully saturated rings. The lowest BCUT2D eigenvalue weighted by molar-refractivity contribution is 0.112. The fourth-order valence-electron chi connectivity index (χ4n) is 1.37. The van der Waals surface area contributed by atoms with Crippen molar-refractivity contribution in [2.75, 3.05) is 7.11 Å². The van der Waals surface area contributed by atoms with Crippen molar-refractivity contribution in [1.29, 1.82) is 0 Å². The minimum atomic E-state index is 0.486. The highest BCUT2D eigenvalue weighted by Gasteiger charge is 2.06. The second kappa shape index (κ2) is 3.96. The quantitative estimate of drug-likeness (QED) is 0.773. The Bertz CT molecular complexity index is 460. The van der Waals surface area contributed by atoms with E-state index in [0.29, 0.717) is 11.4 Å². The van der Waals surface area contributed by atoms with Crippen LogP contribution in [0.4, 0.5) is 0 Å². The van der Waals surface area contributed by atoms with Crippen LogP contribution in [0.15, 0.2) is 30.6 Å². The number of methoxy groups -OCH3 is 1. The smallest absolute Gasteiger partial charge is 0.168 e. The molecule has 0 amide bonds. The van der Waals surface area contributed by atoms with Gasteiger partial charge in [0.1, 0.15) is 11.4 Å². The Balaban J connectivity index is 2.41. The second-order valence-electron chi connectivity index (χ2n) is 3.01. The van der Waals surface area contributed by atoms with E-state index in [1.165, 1.54) is 6.33 Å². The number of aromatic nitrogens is 2. The summed E-state index contributed by atoms with van der Waals surface area (Å²) >= 11 is 0. The molecular formula is C11H10N2O2. The van der Waals surface area contributed by atoms with E-state index in [0.717, 1.165) is 17.6 Å². The lowest BCUT2D eigenvalue weighted by Gasteiger charge is -2.01. The minimum Gasteiger partial charge on any atom is -0.497 e. The number of carbonyl (C=O) groups is 1. The first-order chi connectivity index (χ1) is 7.35. The van der Waals surface area contributed by atoms with Crippen LogP contribution < -0.4 is 4.74 Å². The SMILES string of the molecule is COc1ccc(-c2nc[nH]c2C=O)cc1. The zero-order chi connectivity index (χ0) is 10.7. The van der Waals surface area contributed by atoms with Crippen LogP contribution in [0.2, 0.25) is 0 Å². The number of hydrogen-bond donors (Lipinski definition) is 1. The lowest BCUT2D eigenvalue weighted by atomic mass is 10.1. The number of nitrogens with zero attached hydrogens (tertiary/aromatic N) is 1. The van der Waals surface area contributed by atoms with E-state index in [4.69, 9.17) is 4.74 Å². The number of carbonyl (C=O) groups excluding carboxylic acids is 1. The van der Waals surface area contributed by atoms with Crippen LogP contribution in [0.3, 0.4) is 0 Å². The summed E-state index contributed by atoms with van der Waals surface area (Å²) < 4.78 is 5.05. The molecule has 2 aromatic rings. The van der Waals surface area contributed by atoms with Gasteiger partial charge in [0, 0.05) is 5.56 Å². The largest absolute Gasteiger partial charge is 0.497 e. The average Bonchev–Trinajstić information content (AvgIpc) is 2.77. The fourth-order valence-corrected chi connectivity index (χ4v) is 1.37. The van der Waals surface area contributed by atoms with E-state index >= 15 is 0 Å². The summed E-state index contributed by atoms with van der Waals surface area (Å²) in [6.07, 6.45) is 2.26. The number of imidazole rings is 1. The maximum atomic E-state index is 10.7. The van der Waals surface area contributed by atoms with Gasteiger partial charge in [-0.15, -0.1) is 0 Å². The number of H-pyrrole nitrogens is 1. The van der Waals surface area contributed by atoms with Crippen LogP contribution in [0.1, 0.15) is 10.5 Å². The van der Waals surface area contributed by atoms with E-state index < -0.39 is 0 Å². The highest BCUT2D eigenvalue weighted by Crippen LogP contribution is 2.21. The molecule has 0 spiro atoms. The first-order valence-corrected chi connectivity index (χ1v) is 4.48. The Labute approximate surface area is 86.9 Å². The molecule has 1 heterocycles. The van der Waals surface area contributed by atoms with E-state index in [1.807, 2.05) is 24.3 Å². The third-order valence-electron chi connectivity index (χ3n) is 2.15. The van der Waals surface area contributed by atoms with Crippen LogP contribution in [-0.4, -0.2) is 23.4 Å². The summed E-state index contributed by atoms with van der Waals surface area (Å²) in [7, 11) is 1.61. The summed E-state index contributed by atoms with van der Waals surface area (Å²) in [5.41, 5.74) is 2.03. The van der Waals surface area contributed by atoms with Crippen molar-refractivity contribution in [1.82, 2.24) is 9.97 Å². The van der Waals surface area contributed by atoms with E-state index in [-0.39, 0.29) is 0 Å². The van der Waals surface area contributed by atoms with Gasteiger partial charge in [-0.3, -0.25) is 4.79 Å². The predicted octanol–water partition coefficient (Wildman–Crippen LogP) is 1.90. The Morgan fingerprint density at radius 3 is 2.67 bits per heavy atom. The van der Waals surface area contributed by atoms with Crippen LogP contribution in [-0.2, 0) is 0 Å². The molecule has 0 unspecified atom stereocenters. The second-order valence-corrected chi connectivity index (χ2v) is 3.01. The number of benzene rings is 1. The number of hydrogen-bond acceptors (Lipinski definition) is 3. The molecule has 15 heavy (non-hydrogen) atoms. The van der Waals surface area contributed by atoms with Gasteiger partial charge in [-0.2, -0.15) is 0 Å². The van der Waals surface area contributed by atoms with E-state index in [1.54, 1.807) is 7.11 Å². The van der Waals surface area contributed by atoms with Gasteiger partial charge in [0.15, 0.2) is 6.29 Å². The third-order valence-corrected chi connectivity index (χ3v) is 2.15. The van der Waals surface area contributed by atoms with Crippen LogP contribution in [0, 0.1) is 0 Å². The minimum absolute atomic E-state index is 0.486. The van der Waals surface area contributed by atoms with Gasteiger partial charge in [-0.05, 0) is 24.3 Å². The molecule has 0 aliphatic heterocycles. The normalized spacial score (nSPS) is 9.93. The maximum absolute atomic E-state index is 10.7. The number of ether oxygens (including phenoxy) is 1. The van der Waals surface area contributed by atoms with Crippen molar-refractivity contribution in [3.8, 4) is 17.0 Å². The number of rotatable bonds is 3. The predicted molar refractivity (Wildman–Crippen MR) is 56.0 cm³/mol. The molecule has 1 aromatic heterocycles. The number of aromatic amines is 1. The molecule has 0 atom stereocenters. The Kier molecular flexibility index (Phi) is 2.49. The first-order valence-electron chi connectivity index (χ1n) is 4.48. The van der Waals surface area contributed by atoms with Crippen LogP contribution in [0.25, 0.3) is 11.3 Å². The molecule has 0 aliphatic rings. The van der Waals surface area contributed by atoms with Gasteiger partial charge in [0.2, 0.25) is 0 Å². The molecular weight excluding hydrogens is 192 g/mol. The van der Waals surface area contributed by atoms with Crippen LogP contribution in [0.5, 0.6) is 5.75 Å². The van der Waals surface area contributed by atoms with Gasteiger partial charge >= 0.3 is 0 Å². The summed E-state index contributed by atoms with van der Waals surface area (Å²) in [4.78, 5) is 17.5. The summed E-state index contributed by atoms with van der Waals surface area (Å²) in [6, 6.07) is 7.39. The lowest BCUT2D eigenvalue weighted by Crippen LogP contribution is -1.86. The summed E-state index contributed by atoms with van der Waals surface area (Å²) in [5, 5.41) is 0. The van der Waals surface area contributed by atoms with Crippen molar-refractivity contribution in [2.45, 2.75) is 0 Å². The number of aldehydes is 1. The highest BCUT2D eigenvalue weighted by atomic mass is 16.5. The molecule has 0 bridgehead atoms. The number of nitrogens with one attached hydrogen (secondary N) is 1. The zero-order valence-electron chi connectivity index (χ0n) is 8.23. The molecule has 4 heteroatoms. The molecule has 2 rings (SSSR count). The first kappa shape index (κ1) is 9.45. The highest BCUT2D eigenvalue weighted by molar-refractivity contribution is 5.83. The third kappa shape index (κ3) is 1.74. The van der Waals surface area contributed by atoms with Gasteiger partial charge < -0.3 is 9.72 Å². The average molecular weight is 202 g/mol. The van der Waals surface area contributed by atoms with Crippen molar-refractivity contribution >= 4 is 6.29 Å². The van der Waals surface area contributed by atoms with Gasteiger partial charge in [-0.1, -0.05) is 0 Å². The van der Waals surface area contributed by atoms with Crippen molar-refractivity contribution in [2.24, 2.45) is 0 Å². The molecule has 4 nitrogen and oxygen atoms in total. The topological polar surface area (TPSA) is 55.0 Å². The molecule has 0 aliphatic carbocycles. The van der Waals surface area contributed by atoms with Crippen molar-refractivity contribution in [3.63, 3.8) is 0 Å². The molecule has 0 radical (unpaired) electrons. The Morgan fingerprint density at radius 1 is 1.33 bits per heavy atom.